The summed E-state index contributed by atoms with van der Waals surface area (Å²) in [6.07, 6.45) is 35.7. The van der Waals surface area contributed by atoms with E-state index in [-0.39, 0.29) is 31.1 Å². The standard InChI is InChI=1S/C39H68O6/c1-4-7-10-13-16-19-22-25-28-31-37(40)43-34-36(45-39(42)33-30-27-24-21-18-15-12-9-6-3)35-44-38(41)32-29-26-23-20-17-14-11-8-5-2/h13-18,36H,4-12,19-35H2,1-3H3/b16-13+,17-14+,18-15+. The largest absolute Gasteiger partial charge is 0.462 e. The SMILES string of the molecule is CCCC/C=C/CCCCCC(=O)OCC(COC(=O)CCCCC/C=C/CCCC)OC(=O)CCCCC/C=C/CCCC. The molecule has 260 valence electrons. The van der Waals surface area contributed by atoms with Gasteiger partial charge in [0.1, 0.15) is 13.2 Å². The van der Waals surface area contributed by atoms with Crippen molar-refractivity contribution >= 4 is 17.9 Å². The third kappa shape index (κ3) is 32.8. The molecule has 0 fully saturated rings. The van der Waals surface area contributed by atoms with Crippen molar-refractivity contribution < 1.29 is 28.6 Å². The molecule has 0 aliphatic heterocycles. The maximum absolute atomic E-state index is 12.5. The van der Waals surface area contributed by atoms with E-state index in [0.717, 1.165) is 96.3 Å². The Hall–Kier alpha value is -2.37. The first-order chi connectivity index (χ1) is 22.0. The monoisotopic (exact) mass is 633 g/mol. The number of ether oxygens (including phenoxy) is 3. The molecule has 0 aliphatic rings. The van der Waals surface area contributed by atoms with Gasteiger partial charge in [0.05, 0.1) is 0 Å². The predicted molar refractivity (Wildman–Crippen MR) is 187 cm³/mol. The van der Waals surface area contributed by atoms with E-state index in [1.807, 2.05) is 0 Å². The van der Waals surface area contributed by atoms with E-state index in [1.165, 1.54) is 38.5 Å². The zero-order valence-electron chi connectivity index (χ0n) is 29.4. The van der Waals surface area contributed by atoms with Gasteiger partial charge < -0.3 is 14.2 Å². The lowest BCUT2D eigenvalue weighted by molar-refractivity contribution is -0.167. The minimum absolute atomic E-state index is 0.0923. The summed E-state index contributed by atoms with van der Waals surface area (Å²) in [5.74, 6) is -0.960. The second-order valence-electron chi connectivity index (χ2n) is 12.1. The lowest BCUT2D eigenvalue weighted by Crippen LogP contribution is -2.30. The molecule has 6 heteroatoms. The van der Waals surface area contributed by atoms with Crippen LogP contribution in [0.3, 0.4) is 0 Å². The normalized spacial score (nSPS) is 11.7. The molecule has 0 atom stereocenters. The zero-order valence-corrected chi connectivity index (χ0v) is 29.4. The van der Waals surface area contributed by atoms with Crippen LogP contribution in [0.15, 0.2) is 36.5 Å². The van der Waals surface area contributed by atoms with Crippen molar-refractivity contribution in [1.82, 2.24) is 0 Å². The van der Waals surface area contributed by atoms with Crippen molar-refractivity contribution in [2.45, 2.75) is 181 Å². The van der Waals surface area contributed by atoms with Crippen LogP contribution in [0, 0.1) is 0 Å². The number of carbonyl (C=O) groups excluding carboxylic acids is 3. The number of rotatable bonds is 32. The molecule has 0 rings (SSSR count). The molecule has 0 saturated carbocycles. The summed E-state index contributed by atoms with van der Waals surface area (Å²) in [4.78, 5) is 37.2. The number of hydrogen-bond acceptors (Lipinski definition) is 6. The summed E-state index contributed by atoms with van der Waals surface area (Å²) in [5.41, 5.74) is 0. The number of unbranched alkanes of at least 4 members (excludes halogenated alkanes) is 15. The molecule has 6 nitrogen and oxygen atoms in total. The van der Waals surface area contributed by atoms with Gasteiger partial charge in [-0.1, -0.05) is 115 Å². The topological polar surface area (TPSA) is 78.9 Å². The van der Waals surface area contributed by atoms with Crippen LogP contribution in [0.4, 0.5) is 0 Å². The molecule has 0 aliphatic carbocycles. The fraction of sp³-hybridized carbons (Fsp3) is 0.769. The van der Waals surface area contributed by atoms with Crippen LogP contribution in [-0.4, -0.2) is 37.2 Å². The first-order valence-electron chi connectivity index (χ1n) is 18.5. The first kappa shape index (κ1) is 42.6. The fourth-order valence-corrected chi connectivity index (χ4v) is 4.68. The van der Waals surface area contributed by atoms with E-state index in [2.05, 4.69) is 57.2 Å². The summed E-state index contributed by atoms with van der Waals surface area (Å²) in [6, 6.07) is 0. The summed E-state index contributed by atoms with van der Waals surface area (Å²) < 4.78 is 16.5. The maximum Gasteiger partial charge on any atom is 0.306 e. The quantitative estimate of drug-likeness (QED) is 0.0318. The molecule has 0 bridgehead atoms. The highest BCUT2D eigenvalue weighted by Gasteiger charge is 2.19. The van der Waals surface area contributed by atoms with E-state index >= 15 is 0 Å². The number of esters is 3. The third-order valence-electron chi connectivity index (χ3n) is 7.59. The van der Waals surface area contributed by atoms with E-state index in [1.54, 1.807) is 0 Å². The second-order valence-corrected chi connectivity index (χ2v) is 12.1. The van der Waals surface area contributed by atoms with Crippen molar-refractivity contribution in [3.05, 3.63) is 36.5 Å². The van der Waals surface area contributed by atoms with Crippen molar-refractivity contribution in [3.8, 4) is 0 Å². The molecule has 0 heterocycles. The average Bonchev–Trinajstić information content (AvgIpc) is 3.03. The molecule has 0 radical (unpaired) electrons. The predicted octanol–water partition coefficient (Wildman–Crippen LogP) is 11.1. The van der Waals surface area contributed by atoms with Crippen LogP contribution in [0.1, 0.15) is 175 Å². The van der Waals surface area contributed by atoms with Crippen LogP contribution in [0.5, 0.6) is 0 Å². The Balaban J connectivity index is 4.45. The van der Waals surface area contributed by atoms with Crippen molar-refractivity contribution in [2.75, 3.05) is 13.2 Å². The minimum Gasteiger partial charge on any atom is -0.462 e. The minimum atomic E-state index is -0.784. The molecule has 0 saturated heterocycles. The van der Waals surface area contributed by atoms with Crippen LogP contribution in [-0.2, 0) is 28.6 Å². The summed E-state index contributed by atoms with van der Waals surface area (Å²) in [5, 5.41) is 0. The third-order valence-corrected chi connectivity index (χ3v) is 7.59. The molecule has 45 heavy (non-hydrogen) atoms. The first-order valence-corrected chi connectivity index (χ1v) is 18.5. The van der Waals surface area contributed by atoms with E-state index in [0.29, 0.717) is 19.3 Å². The smallest absolute Gasteiger partial charge is 0.306 e. The van der Waals surface area contributed by atoms with Gasteiger partial charge in [0, 0.05) is 19.3 Å². The Morgan fingerprint density at radius 3 is 1.07 bits per heavy atom. The number of allylic oxidation sites excluding steroid dienone is 6. The Kier molecular flexibility index (Phi) is 32.7. The zero-order chi connectivity index (χ0) is 33.1. The van der Waals surface area contributed by atoms with E-state index in [9.17, 15) is 14.4 Å². The van der Waals surface area contributed by atoms with Gasteiger partial charge in [-0.3, -0.25) is 14.4 Å². The van der Waals surface area contributed by atoms with Gasteiger partial charge in [-0.25, -0.2) is 0 Å². The van der Waals surface area contributed by atoms with Gasteiger partial charge in [-0.15, -0.1) is 0 Å². The van der Waals surface area contributed by atoms with Crippen LogP contribution < -0.4 is 0 Å². The highest BCUT2D eigenvalue weighted by atomic mass is 16.6. The Bertz CT molecular complexity index is 740. The van der Waals surface area contributed by atoms with Crippen molar-refractivity contribution in [1.29, 1.82) is 0 Å². The van der Waals surface area contributed by atoms with Gasteiger partial charge in [0.25, 0.3) is 0 Å². The van der Waals surface area contributed by atoms with Gasteiger partial charge in [-0.05, 0) is 77.0 Å². The summed E-state index contributed by atoms with van der Waals surface area (Å²) in [6.45, 7) is 6.40. The molecule has 0 N–H and O–H groups in total. The van der Waals surface area contributed by atoms with Gasteiger partial charge in [0.15, 0.2) is 6.10 Å². The molecule has 0 unspecified atom stereocenters. The van der Waals surface area contributed by atoms with Crippen LogP contribution >= 0.6 is 0 Å². The highest BCUT2D eigenvalue weighted by molar-refractivity contribution is 5.71. The summed E-state index contributed by atoms with van der Waals surface area (Å²) in [7, 11) is 0. The number of carbonyl (C=O) groups is 3. The Labute approximate surface area is 276 Å². The highest BCUT2D eigenvalue weighted by Crippen LogP contribution is 2.11. The van der Waals surface area contributed by atoms with E-state index < -0.39 is 6.10 Å². The number of hydrogen-bond donors (Lipinski definition) is 0. The van der Waals surface area contributed by atoms with E-state index in [4.69, 9.17) is 14.2 Å². The van der Waals surface area contributed by atoms with Gasteiger partial charge >= 0.3 is 17.9 Å². The fourth-order valence-electron chi connectivity index (χ4n) is 4.68. The molecule has 0 aromatic rings. The van der Waals surface area contributed by atoms with Crippen LogP contribution in [0.25, 0.3) is 0 Å². The maximum atomic E-state index is 12.5. The Morgan fingerprint density at radius 2 is 0.733 bits per heavy atom. The molecular formula is C39H68O6. The summed E-state index contributed by atoms with van der Waals surface area (Å²) >= 11 is 0. The molecule has 0 amide bonds. The lowest BCUT2D eigenvalue weighted by atomic mass is 10.1. The van der Waals surface area contributed by atoms with Crippen molar-refractivity contribution in [3.63, 3.8) is 0 Å². The van der Waals surface area contributed by atoms with Crippen molar-refractivity contribution in [2.24, 2.45) is 0 Å². The molecule has 0 aromatic heterocycles. The van der Waals surface area contributed by atoms with Gasteiger partial charge in [-0.2, -0.15) is 0 Å². The molecule has 0 aromatic carbocycles. The second kappa shape index (κ2) is 34.5. The molecule has 0 spiro atoms. The lowest BCUT2D eigenvalue weighted by Gasteiger charge is -2.18. The molecular weight excluding hydrogens is 564 g/mol. The Morgan fingerprint density at radius 1 is 0.422 bits per heavy atom. The average molecular weight is 633 g/mol. The van der Waals surface area contributed by atoms with Crippen LogP contribution in [0.2, 0.25) is 0 Å². The van der Waals surface area contributed by atoms with Gasteiger partial charge in [0.2, 0.25) is 0 Å².